The molecule has 1 aromatic carbocycles. The number of anilines is 1. The minimum Gasteiger partial charge on any atom is -0.354 e. The Morgan fingerprint density at radius 3 is 2.56 bits per heavy atom. The number of ketones is 1. The zero-order valence-electron chi connectivity index (χ0n) is 15.3. The molecule has 5 nitrogen and oxygen atoms in total. The molecule has 0 bridgehead atoms. The van der Waals surface area contributed by atoms with Gasteiger partial charge in [0.25, 0.3) is 5.91 Å². The van der Waals surface area contributed by atoms with Crippen LogP contribution in [0.4, 0.5) is 5.69 Å². The molecule has 0 aliphatic heterocycles. The molecule has 2 aromatic heterocycles. The summed E-state index contributed by atoms with van der Waals surface area (Å²) in [5.74, 6) is -0.378. The molecule has 3 rings (SSSR count). The number of nitrogens with one attached hydrogen (secondary N) is 2. The van der Waals surface area contributed by atoms with Gasteiger partial charge in [0.15, 0.2) is 10.1 Å². The SMILES string of the molecule is CC(=O)c1c(C)[nH]c(C(=O)Nc2ccc(Sc3nc(C)cs3)c(Cl)c2)c1C. The minimum atomic E-state index is -0.310. The number of halogens is 1. The number of nitrogens with zero attached hydrogens (tertiary/aromatic N) is 1. The molecule has 2 N–H and O–H groups in total. The van der Waals surface area contributed by atoms with E-state index in [-0.39, 0.29) is 11.7 Å². The molecule has 140 valence electrons. The van der Waals surface area contributed by atoms with Crippen molar-refractivity contribution in [2.24, 2.45) is 0 Å². The molecule has 0 aliphatic carbocycles. The fraction of sp³-hybridized carbons (Fsp3) is 0.211. The molecule has 0 saturated carbocycles. The van der Waals surface area contributed by atoms with E-state index in [0.717, 1.165) is 14.9 Å². The number of aryl methyl sites for hydroxylation is 2. The molecule has 0 aliphatic rings. The van der Waals surface area contributed by atoms with E-state index in [1.165, 1.54) is 18.7 Å². The number of carbonyl (C=O) groups excluding carboxylic acids is 2. The van der Waals surface area contributed by atoms with E-state index < -0.39 is 0 Å². The van der Waals surface area contributed by atoms with Crippen LogP contribution in [0.1, 0.15) is 44.7 Å². The fourth-order valence-electron chi connectivity index (χ4n) is 2.83. The average molecular weight is 420 g/mol. The highest BCUT2D eigenvalue weighted by Crippen LogP contribution is 2.36. The number of hydrogen-bond acceptors (Lipinski definition) is 5. The standard InChI is InChI=1S/C19H18ClN3O2S2/c1-9-8-26-19(21-9)27-15-6-5-13(7-14(15)20)23-18(25)17-10(2)16(12(4)24)11(3)22-17/h5-8,22H,1-4H3,(H,23,25). The number of benzene rings is 1. The first-order valence-electron chi connectivity index (χ1n) is 8.17. The number of amides is 1. The monoisotopic (exact) mass is 419 g/mol. The molecule has 0 saturated heterocycles. The van der Waals surface area contributed by atoms with Crippen LogP contribution in [0.2, 0.25) is 5.02 Å². The average Bonchev–Trinajstić information content (AvgIpc) is 3.12. The summed E-state index contributed by atoms with van der Waals surface area (Å²) < 4.78 is 0.917. The van der Waals surface area contributed by atoms with Crippen LogP contribution in [0.15, 0.2) is 32.8 Å². The first-order chi connectivity index (χ1) is 12.8. The van der Waals surface area contributed by atoms with Crippen LogP contribution < -0.4 is 5.32 Å². The largest absolute Gasteiger partial charge is 0.354 e. The molecule has 0 atom stereocenters. The third-order valence-corrected chi connectivity index (χ3v) is 6.56. The van der Waals surface area contributed by atoms with Crippen LogP contribution in [-0.2, 0) is 0 Å². The van der Waals surface area contributed by atoms with Crippen molar-refractivity contribution < 1.29 is 9.59 Å². The number of Topliss-reactive ketones (excluding diaryl/α,β-unsaturated/α-hetero) is 1. The van der Waals surface area contributed by atoms with Crippen LogP contribution in [0.25, 0.3) is 0 Å². The van der Waals surface area contributed by atoms with Gasteiger partial charge in [-0.05, 0) is 51.5 Å². The second-order valence-corrected chi connectivity index (χ2v) is 8.69. The molecule has 0 fully saturated rings. The van der Waals surface area contributed by atoms with E-state index in [4.69, 9.17) is 11.6 Å². The first-order valence-corrected chi connectivity index (χ1v) is 10.2. The second-order valence-electron chi connectivity index (χ2n) is 6.14. The van der Waals surface area contributed by atoms with Crippen LogP contribution in [0.5, 0.6) is 0 Å². The Balaban J connectivity index is 1.78. The Kier molecular flexibility index (Phi) is 5.74. The van der Waals surface area contributed by atoms with Crippen LogP contribution in [0.3, 0.4) is 0 Å². The van der Waals surface area contributed by atoms with Crippen molar-refractivity contribution in [2.75, 3.05) is 5.32 Å². The number of hydrogen-bond donors (Lipinski definition) is 2. The van der Waals surface area contributed by atoms with Gasteiger partial charge >= 0.3 is 0 Å². The molecular formula is C19H18ClN3O2S2. The van der Waals surface area contributed by atoms with E-state index in [9.17, 15) is 9.59 Å². The molecule has 27 heavy (non-hydrogen) atoms. The number of aromatic nitrogens is 2. The van der Waals surface area contributed by atoms with Gasteiger partial charge < -0.3 is 10.3 Å². The summed E-state index contributed by atoms with van der Waals surface area (Å²) in [5.41, 5.74) is 3.84. The topological polar surface area (TPSA) is 74.8 Å². The van der Waals surface area contributed by atoms with Gasteiger partial charge in [0.2, 0.25) is 0 Å². The van der Waals surface area contributed by atoms with Crippen LogP contribution >= 0.6 is 34.7 Å². The van der Waals surface area contributed by atoms with Crippen molar-refractivity contribution in [1.29, 1.82) is 0 Å². The third-order valence-electron chi connectivity index (χ3n) is 4.00. The highest BCUT2D eigenvalue weighted by Gasteiger charge is 2.20. The van der Waals surface area contributed by atoms with E-state index in [1.54, 1.807) is 37.3 Å². The smallest absolute Gasteiger partial charge is 0.272 e. The Hall–Kier alpha value is -2.09. The number of aromatic amines is 1. The van der Waals surface area contributed by atoms with E-state index in [1.807, 2.05) is 18.4 Å². The number of rotatable bonds is 5. The Morgan fingerprint density at radius 1 is 1.26 bits per heavy atom. The van der Waals surface area contributed by atoms with Gasteiger partial charge in [-0.15, -0.1) is 11.3 Å². The second kappa shape index (κ2) is 7.88. The molecule has 2 heterocycles. The number of carbonyl (C=O) groups is 2. The molecular weight excluding hydrogens is 402 g/mol. The van der Waals surface area contributed by atoms with Crippen molar-refractivity contribution in [2.45, 2.75) is 36.9 Å². The third kappa shape index (κ3) is 4.26. The predicted octanol–water partition coefficient (Wildman–Crippen LogP) is 5.66. The van der Waals surface area contributed by atoms with Crippen molar-refractivity contribution in [3.05, 3.63) is 56.8 Å². The van der Waals surface area contributed by atoms with Gasteiger partial charge in [0.1, 0.15) is 5.69 Å². The highest BCUT2D eigenvalue weighted by atomic mass is 35.5. The van der Waals surface area contributed by atoms with Crippen molar-refractivity contribution in [3.63, 3.8) is 0 Å². The Bertz CT molecular complexity index is 1040. The normalized spacial score (nSPS) is 10.9. The van der Waals surface area contributed by atoms with E-state index >= 15 is 0 Å². The summed E-state index contributed by atoms with van der Waals surface area (Å²) in [7, 11) is 0. The van der Waals surface area contributed by atoms with Gasteiger partial charge in [-0.2, -0.15) is 0 Å². The molecule has 0 radical (unpaired) electrons. The molecule has 8 heteroatoms. The summed E-state index contributed by atoms with van der Waals surface area (Å²) >= 11 is 9.42. The number of H-pyrrole nitrogens is 1. The predicted molar refractivity (Wildman–Crippen MR) is 111 cm³/mol. The lowest BCUT2D eigenvalue weighted by Gasteiger charge is -2.08. The Labute approximate surface area is 170 Å². The maximum Gasteiger partial charge on any atom is 0.272 e. The molecule has 0 spiro atoms. The maximum absolute atomic E-state index is 12.6. The van der Waals surface area contributed by atoms with Gasteiger partial charge in [-0.3, -0.25) is 9.59 Å². The molecule has 3 aromatic rings. The molecule has 0 unspecified atom stereocenters. The molecule has 1 amide bonds. The lowest BCUT2D eigenvalue weighted by atomic mass is 10.1. The van der Waals surface area contributed by atoms with Crippen molar-refractivity contribution in [3.8, 4) is 0 Å². The summed E-state index contributed by atoms with van der Waals surface area (Å²) in [6, 6.07) is 5.36. The van der Waals surface area contributed by atoms with Crippen molar-refractivity contribution >= 4 is 52.1 Å². The number of thiazole rings is 1. The van der Waals surface area contributed by atoms with Crippen LogP contribution in [0, 0.1) is 20.8 Å². The fourth-order valence-corrected chi connectivity index (χ4v) is 4.93. The maximum atomic E-state index is 12.6. The quantitative estimate of drug-likeness (QED) is 0.523. The zero-order chi connectivity index (χ0) is 19.7. The minimum absolute atomic E-state index is 0.0675. The zero-order valence-corrected chi connectivity index (χ0v) is 17.7. The summed E-state index contributed by atoms with van der Waals surface area (Å²) in [4.78, 5) is 32.6. The lowest BCUT2D eigenvalue weighted by molar-refractivity contribution is 0.101. The summed E-state index contributed by atoms with van der Waals surface area (Å²) in [6.45, 7) is 6.98. The van der Waals surface area contributed by atoms with Crippen LogP contribution in [-0.4, -0.2) is 21.7 Å². The Morgan fingerprint density at radius 2 is 2.00 bits per heavy atom. The summed E-state index contributed by atoms with van der Waals surface area (Å²) in [6.07, 6.45) is 0. The van der Waals surface area contributed by atoms with Gasteiger partial charge in [-0.1, -0.05) is 23.4 Å². The van der Waals surface area contributed by atoms with Gasteiger partial charge in [0, 0.05) is 32.9 Å². The van der Waals surface area contributed by atoms with Crippen molar-refractivity contribution in [1.82, 2.24) is 9.97 Å². The first kappa shape index (κ1) is 19.7. The van der Waals surface area contributed by atoms with E-state index in [0.29, 0.717) is 33.2 Å². The summed E-state index contributed by atoms with van der Waals surface area (Å²) in [5, 5.41) is 5.35. The highest BCUT2D eigenvalue weighted by molar-refractivity contribution is 8.01. The van der Waals surface area contributed by atoms with E-state index in [2.05, 4.69) is 15.3 Å². The lowest BCUT2D eigenvalue weighted by Crippen LogP contribution is -2.14. The van der Waals surface area contributed by atoms with Gasteiger partial charge in [0.05, 0.1) is 5.02 Å². The van der Waals surface area contributed by atoms with Gasteiger partial charge in [-0.25, -0.2) is 4.98 Å².